The minimum Gasteiger partial charge on any atom is -0.451 e. The molecule has 3 atom stereocenters. The van der Waals surface area contributed by atoms with Gasteiger partial charge in [0, 0.05) is 23.2 Å². The monoisotopic (exact) mass is 690 g/mol. The second-order valence-electron chi connectivity index (χ2n) is 10.7. The Balaban J connectivity index is 1.18. The number of hydrogen-bond donors (Lipinski definition) is 1. The van der Waals surface area contributed by atoms with Crippen molar-refractivity contribution in [2.45, 2.75) is 32.9 Å². The van der Waals surface area contributed by atoms with Gasteiger partial charge in [-0.1, -0.05) is 78.5 Å². The number of esters is 1. The van der Waals surface area contributed by atoms with E-state index >= 15 is 0 Å². The number of carbonyl (C=O) groups is 3. The zero-order valence-corrected chi connectivity index (χ0v) is 27.7. The lowest BCUT2D eigenvalue weighted by Gasteiger charge is -2.53. The predicted molar refractivity (Wildman–Crippen MR) is 183 cm³/mol. The summed E-state index contributed by atoms with van der Waals surface area (Å²) in [5.41, 5.74) is 1.57. The van der Waals surface area contributed by atoms with Crippen molar-refractivity contribution in [3.63, 3.8) is 0 Å². The van der Waals surface area contributed by atoms with Gasteiger partial charge in [0.15, 0.2) is 11.5 Å². The van der Waals surface area contributed by atoms with E-state index in [2.05, 4.69) is 5.32 Å². The zero-order chi connectivity index (χ0) is 31.0. The van der Waals surface area contributed by atoms with Gasteiger partial charge in [-0.15, -0.1) is 45.8 Å². The molecule has 2 unspecified atom stereocenters. The number of thioether (sulfide) groups is 2. The lowest BCUT2D eigenvalue weighted by molar-refractivity contribution is -0.156. The van der Waals surface area contributed by atoms with E-state index in [4.69, 9.17) is 4.74 Å². The summed E-state index contributed by atoms with van der Waals surface area (Å²) in [7, 11) is 0. The number of thiophene rings is 2. The second kappa shape index (κ2) is 12.8. The van der Waals surface area contributed by atoms with E-state index in [-0.39, 0.29) is 35.6 Å². The summed E-state index contributed by atoms with van der Waals surface area (Å²) in [4.78, 5) is 56.2. The lowest BCUT2D eigenvalue weighted by Crippen LogP contribution is -2.74. The number of carbonyl (C=O) groups excluding carboxylic acids is 3. The fourth-order valence-corrected chi connectivity index (χ4v) is 11.6. The number of nitrogens with zero attached hydrogens (tertiary/aromatic N) is 1. The van der Waals surface area contributed by atoms with Gasteiger partial charge in [0.1, 0.15) is 16.2 Å². The minimum absolute atomic E-state index is 0.0916. The molecule has 0 spiro atoms. The van der Waals surface area contributed by atoms with Crippen molar-refractivity contribution in [2.75, 3.05) is 12.3 Å². The van der Waals surface area contributed by atoms with Crippen LogP contribution in [0.2, 0.25) is 0 Å². The molecule has 0 saturated carbocycles. The predicted octanol–water partition coefficient (Wildman–Crippen LogP) is 6.19. The van der Waals surface area contributed by atoms with E-state index < -0.39 is 22.9 Å². The molecule has 228 valence electrons. The number of rotatable bonds is 9. The minimum atomic E-state index is -1.18. The van der Waals surface area contributed by atoms with Crippen LogP contribution in [0.5, 0.6) is 0 Å². The van der Waals surface area contributed by atoms with Gasteiger partial charge in [-0.25, -0.2) is 0 Å². The number of β-lactam (4-membered cyclic amide) rings is 1. The Kier molecular flexibility index (Phi) is 8.58. The summed E-state index contributed by atoms with van der Waals surface area (Å²) >= 11 is 7.11. The summed E-state index contributed by atoms with van der Waals surface area (Å²) in [6.07, 6.45) is -0.440. The molecule has 2 aromatic carbocycles. The van der Waals surface area contributed by atoms with E-state index in [9.17, 15) is 19.2 Å². The van der Waals surface area contributed by atoms with Gasteiger partial charge in [0.25, 0.3) is 0 Å². The first-order chi connectivity index (χ1) is 21.9. The molecular weight excluding hydrogens is 665 g/mol. The fourth-order valence-electron chi connectivity index (χ4n) is 5.48. The van der Waals surface area contributed by atoms with Gasteiger partial charge in [-0.2, -0.15) is 0 Å². The third-order valence-corrected chi connectivity index (χ3v) is 13.9. The Hall–Kier alpha value is -3.42. The molecule has 7 rings (SSSR count). The van der Waals surface area contributed by atoms with Crippen LogP contribution in [0.3, 0.4) is 0 Å². The first-order valence-electron chi connectivity index (χ1n) is 14.2. The first-order valence-corrected chi connectivity index (χ1v) is 18.6. The number of nitrogens with one attached hydrogen (secondary N) is 1. The third kappa shape index (κ3) is 6.09. The molecule has 5 heterocycles. The molecule has 7 nitrogen and oxygen atoms in total. The van der Waals surface area contributed by atoms with Crippen LogP contribution in [-0.4, -0.2) is 51.1 Å². The SMILES string of the molecule is O=C(Cc1cccs1)NC1C(=O)N2CC(Sc3cc(=O)c4sccc4s3)(C(=O)OC(c3ccccc3)c3ccccc3)CS[C@H]12. The molecular formula is C33H26N2O5S5. The van der Waals surface area contributed by atoms with Gasteiger partial charge < -0.3 is 15.0 Å². The topological polar surface area (TPSA) is 92.8 Å². The molecule has 3 aromatic heterocycles. The normalized spacial score (nSPS) is 20.9. The molecule has 2 saturated heterocycles. The maximum Gasteiger partial charge on any atom is 0.326 e. The summed E-state index contributed by atoms with van der Waals surface area (Å²) in [5.74, 6) is -0.557. The molecule has 2 amide bonds. The molecule has 45 heavy (non-hydrogen) atoms. The smallest absolute Gasteiger partial charge is 0.326 e. The summed E-state index contributed by atoms with van der Waals surface area (Å²) < 4.78 is 7.43. The first kappa shape index (κ1) is 30.2. The lowest BCUT2D eigenvalue weighted by atomic mass is 10.00. The van der Waals surface area contributed by atoms with Crippen molar-refractivity contribution < 1.29 is 19.1 Å². The second-order valence-corrected chi connectivity index (χ2v) is 16.5. The van der Waals surface area contributed by atoms with Crippen molar-refractivity contribution in [3.05, 3.63) is 122 Å². The van der Waals surface area contributed by atoms with E-state index in [1.54, 1.807) is 11.0 Å². The van der Waals surface area contributed by atoms with Crippen LogP contribution < -0.4 is 10.7 Å². The van der Waals surface area contributed by atoms with E-state index in [1.807, 2.05) is 89.6 Å². The van der Waals surface area contributed by atoms with Crippen LogP contribution in [0.4, 0.5) is 0 Å². The van der Waals surface area contributed by atoms with Gasteiger partial charge in [0.2, 0.25) is 11.8 Å². The summed E-state index contributed by atoms with van der Waals surface area (Å²) in [6, 6.07) is 25.8. The molecule has 2 fully saturated rings. The van der Waals surface area contributed by atoms with E-state index in [0.29, 0.717) is 14.7 Å². The highest BCUT2D eigenvalue weighted by Crippen LogP contribution is 2.49. The Morgan fingerprint density at radius 2 is 1.69 bits per heavy atom. The van der Waals surface area contributed by atoms with Gasteiger partial charge in [-0.05, 0) is 34.0 Å². The van der Waals surface area contributed by atoms with Crippen LogP contribution in [0.25, 0.3) is 9.40 Å². The third-order valence-electron chi connectivity index (χ3n) is 7.70. The van der Waals surface area contributed by atoms with Crippen LogP contribution in [0.15, 0.2) is 105 Å². The maximum absolute atomic E-state index is 14.5. The van der Waals surface area contributed by atoms with Crippen molar-refractivity contribution in [2.24, 2.45) is 0 Å². The van der Waals surface area contributed by atoms with Crippen molar-refractivity contribution in [1.29, 1.82) is 0 Å². The Morgan fingerprint density at radius 1 is 0.956 bits per heavy atom. The zero-order valence-electron chi connectivity index (χ0n) is 23.6. The van der Waals surface area contributed by atoms with Crippen molar-refractivity contribution in [1.82, 2.24) is 10.2 Å². The van der Waals surface area contributed by atoms with Crippen molar-refractivity contribution in [3.8, 4) is 0 Å². The number of benzene rings is 2. The molecule has 2 aliphatic heterocycles. The largest absolute Gasteiger partial charge is 0.451 e. The quantitative estimate of drug-likeness (QED) is 0.146. The number of amides is 2. The van der Waals surface area contributed by atoms with Crippen LogP contribution in [0, 0.1) is 0 Å². The van der Waals surface area contributed by atoms with Crippen molar-refractivity contribution >= 4 is 84.7 Å². The van der Waals surface area contributed by atoms with E-state index in [0.717, 1.165) is 20.7 Å². The Bertz CT molecular complexity index is 1870. The Morgan fingerprint density at radius 3 is 2.38 bits per heavy atom. The Labute approximate surface area is 279 Å². The standard InChI is InChI=1S/C33H26N2O5S5/c36-23-17-26(44-24-13-15-42-29(23)24)45-33(32(39)40-28(20-8-3-1-4-9-20)21-10-5-2-6-11-21)18-35-30(38)27(31(35)43-19-33)34-25(37)16-22-12-7-14-41-22/h1-15,17,27-28,31H,16,18-19H2,(H,34,37)/t27?,31-,33?/m1/s1. The maximum atomic E-state index is 14.5. The molecule has 0 radical (unpaired) electrons. The molecule has 2 aliphatic rings. The highest BCUT2D eigenvalue weighted by atomic mass is 32.2. The van der Waals surface area contributed by atoms with Gasteiger partial charge in [-0.3, -0.25) is 19.2 Å². The van der Waals surface area contributed by atoms with Crippen LogP contribution >= 0.6 is 57.5 Å². The number of ether oxygens (including phenoxy) is 1. The van der Waals surface area contributed by atoms with Gasteiger partial charge >= 0.3 is 5.97 Å². The molecule has 5 aromatic rings. The van der Waals surface area contributed by atoms with E-state index in [1.165, 1.54) is 57.5 Å². The van der Waals surface area contributed by atoms with Crippen LogP contribution in [-0.2, 0) is 25.5 Å². The number of hydrogen-bond acceptors (Lipinski definition) is 10. The average Bonchev–Trinajstić information content (AvgIpc) is 3.76. The average molecular weight is 691 g/mol. The highest BCUT2D eigenvalue weighted by molar-refractivity contribution is 8.06. The summed E-state index contributed by atoms with van der Waals surface area (Å²) in [6.45, 7) is 0.100. The molecule has 1 N–H and O–H groups in total. The molecule has 12 heteroatoms. The number of fused-ring (bicyclic) bond motifs is 2. The molecule has 0 aliphatic carbocycles. The summed E-state index contributed by atoms with van der Waals surface area (Å²) in [5, 5.41) is 6.42. The van der Waals surface area contributed by atoms with Gasteiger partial charge in [0.05, 0.1) is 20.0 Å². The highest BCUT2D eigenvalue weighted by Gasteiger charge is 2.58. The van der Waals surface area contributed by atoms with Crippen LogP contribution in [0.1, 0.15) is 22.1 Å². The fraction of sp³-hybridized carbons (Fsp3) is 0.212. The molecule has 0 bridgehead atoms.